The Morgan fingerprint density at radius 1 is 1.16 bits per heavy atom. The van der Waals surface area contributed by atoms with Gasteiger partial charge in [0.05, 0.1) is 17.6 Å². The fourth-order valence-corrected chi connectivity index (χ4v) is 4.37. The van der Waals surface area contributed by atoms with E-state index in [-0.39, 0.29) is 12.1 Å². The summed E-state index contributed by atoms with van der Waals surface area (Å²) in [5.41, 5.74) is 4.18. The van der Waals surface area contributed by atoms with Crippen molar-refractivity contribution in [1.29, 1.82) is 0 Å². The molecular weight excluding hydrogens is 400 g/mol. The zero-order chi connectivity index (χ0) is 22.9. The van der Waals surface area contributed by atoms with Gasteiger partial charge in [0, 0.05) is 26.2 Å². The maximum Gasteiger partial charge on any atom is 0.410 e. The molecule has 1 amide bonds. The molecule has 3 aromatic rings. The molecule has 170 valence electrons. The van der Waals surface area contributed by atoms with Crippen LogP contribution in [0.3, 0.4) is 0 Å². The van der Waals surface area contributed by atoms with Crippen molar-refractivity contribution >= 4 is 23.1 Å². The van der Waals surface area contributed by atoms with E-state index in [1.165, 1.54) is 11.1 Å². The Balaban J connectivity index is 1.62. The number of aromatic nitrogens is 2. The molecule has 1 aliphatic rings. The zero-order valence-corrected chi connectivity index (χ0v) is 19.8. The Labute approximate surface area is 190 Å². The SMILES string of the molecule is Cc1ccccc1Cn1c(N(C)[C@@H]2CCCN(C(=O)OC(C)(C)C)C2)nc2ccccc21. The lowest BCUT2D eigenvalue weighted by Crippen LogP contribution is -2.50. The molecule has 2 heterocycles. The van der Waals surface area contributed by atoms with Crippen molar-refractivity contribution in [2.24, 2.45) is 0 Å². The molecule has 6 nitrogen and oxygen atoms in total. The monoisotopic (exact) mass is 434 g/mol. The lowest BCUT2D eigenvalue weighted by molar-refractivity contribution is 0.0199. The molecule has 0 saturated carbocycles. The largest absolute Gasteiger partial charge is 0.444 e. The van der Waals surface area contributed by atoms with E-state index in [0.717, 1.165) is 42.9 Å². The number of likely N-dealkylation sites (N-methyl/N-ethyl adjacent to an activating group) is 1. The first-order valence-electron chi connectivity index (χ1n) is 11.4. The van der Waals surface area contributed by atoms with Gasteiger partial charge in [-0.05, 0) is 63.8 Å². The van der Waals surface area contributed by atoms with Crippen LogP contribution in [0.2, 0.25) is 0 Å². The topological polar surface area (TPSA) is 50.6 Å². The highest BCUT2D eigenvalue weighted by Gasteiger charge is 2.31. The summed E-state index contributed by atoms with van der Waals surface area (Å²) in [5, 5.41) is 0. The van der Waals surface area contributed by atoms with Gasteiger partial charge in [0.1, 0.15) is 5.60 Å². The van der Waals surface area contributed by atoms with Crippen LogP contribution in [0.25, 0.3) is 11.0 Å². The number of nitrogens with zero attached hydrogens (tertiary/aromatic N) is 4. The van der Waals surface area contributed by atoms with Gasteiger partial charge in [0.2, 0.25) is 5.95 Å². The second-order valence-electron chi connectivity index (χ2n) is 9.75. The molecule has 1 atom stereocenters. The third kappa shape index (κ3) is 4.74. The maximum absolute atomic E-state index is 12.7. The maximum atomic E-state index is 12.7. The number of hydrogen-bond acceptors (Lipinski definition) is 4. The first-order valence-corrected chi connectivity index (χ1v) is 11.4. The smallest absolute Gasteiger partial charge is 0.410 e. The second kappa shape index (κ2) is 8.85. The number of fused-ring (bicyclic) bond motifs is 1. The quantitative estimate of drug-likeness (QED) is 0.564. The van der Waals surface area contributed by atoms with Gasteiger partial charge in [-0.25, -0.2) is 9.78 Å². The van der Waals surface area contributed by atoms with Crippen molar-refractivity contribution in [3.8, 4) is 0 Å². The molecule has 1 aliphatic heterocycles. The molecular formula is C26H34N4O2. The lowest BCUT2D eigenvalue weighted by Gasteiger charge is -2.38. The van der Waals surface area contributed by atoms with Crippen LogP contribution in [-0.2, 0) is 11.3 Å². The van der Waals surface area contributed by atoms with Crippen LogP contribution in [0.15, 0.2) is 48.5 Å². The van der Waals surface area contributed by atoms with Gasteiger partial charge in [-0.15, -0.1) is 0 Å². The van der Waals surface area contributed by atoms with E-state index in [1.807, 2.05) is 31.7 Å². The predicted molar refractivity (Wildman–Crippen MR) is 129 cm³/mol. The molecule has 0 spiro atoms. The molecule has 0 aliphatic carbocycles. The van der Waals surface area contributed by atoms with Crippen molar-refractivity contribution in [3.63, 3.8) is 0 Å². The number of para-hydroxylation sites is 2. The van der Waals surface area contributed by atoms with Gasteiger partial charge >= 0.3 is 6.09 Å². The minimum Gasteiger partial charge on any atom is -0.444 e. The van der Waals surface area contributed by atoms with Gasteiger partial charge in [0.15, 0.2) is 0 Å². The summed E-state index contributed by atoms with van der Waals surface area (Å²) in [4.78, 5) is 21.7. The summed E-state index contributed by atoms with van der Waals surface area (Å²) in [6.45, 7) is 10.0. The van der Waals surface area contributed by atoms with Crippen molar-refractivity contribution in [2.75, 3.05) is 25.0 Å². The molecule has 0 unspecified atom stereocenters. The van der Waals surface area contributed by atoms with Gasteiger partial charge in [-0.1, -0.05) is 36.4 Å². The molecule has 32 heavy (non-hydrogen) atoms. The second-order valence-corrected chi connectivity index (χ2v) is 9.75. The third-order valence-electron chi connectivity index (χ3n) is 6.14. The van der Waals surface area contributed by atoms with Crippen LogP contribution in [0.4, 0.5) is 10.7 Å². The molecule has 4 rings (SSSR count). The summed E-state index contributed by atoms with van der Waals surface area (Å²) >= 11 is 0. The number of benzene rings is 2. The number of anilines is 1. The number of likely N-dealkylation sites (tertiary alicyclic amines) is 1. The minimum absolute atomic E-state index is 0.184. The van der Waals surface area contributed by atoms with Gasteiger partial charge in [-0.3, -0.25) is 0 Å². The van der Waals surface area contributed by atoms with Crippen LogP contribution in [0, 0.1) is 6.92 Å². The zero-order valence-electron chi connectivity index (χ0n) is 19.8. The van der Waals surface area contributed by atoms with E-state index in [0.29, 0.717) is 6.54 Å². The van der Waals surface area contributed by atoms with Gasteiger partial charge in [-0.2, -0.15) is 0 Å². The molecule has 1 aromatic heterocycles. The number of piperidine rings is 1. The fourth-order valence-electron chi connectivity index (χ4n) is 4.37. The molecule has 2 aromatic carbocycles. The average molecular weight is 435 g/mol. The first-order chi connectivity index (χ1) is 15.2. The van der Waals surface area contributed by atoms with E-state index in [2.05, 4.69) is 65.9 Å². The number of hydrogen-bond donors (Lipinski definition) is 0. The summed E-state index contributed by atoms with van der Waals surface area (Å²) in [7, 11) is 2.10. The highest BCUT2D eigenvalue weighted by atomic mass is 16.6. The van der Waals surface area contributed by atoms with E-state index in [9.17, 15) is 4.79 Å². The highest BCUT2D eigenvalue weighted by molar-refractivity contribution is 5.79. The Bertz CT molecular complexity index is 1100. The summed E-state index contributed by atoms with van der Waals surface area (Å²) < 4.78 is 7.92. The molecule has 0 bridgehead atoms. The van der Waals surface area contributed by atoms with Crippen molar-refractivity contribution in [2.45, 2.75) is 58.7 Å². The minimum atomic E-state index is -0.489. The van der Waals surface area contributed by atoms with E-state index >= 15 is 0 Å². The van der Waals surface area contributed by atoms with Crippen LogP contribution >= 0.6 is 0 Å². The van der Waals surface area contributed by atoms with Crippen molar-refractivity contribution in [1.82, 2.24) is 14.5 Å². The molecule has 0 N–H and O–H groups in total. The molecule has 0 radical (unpaired) electrons. The number of carbonyl (C=O) groups excluding carboxylic acids is 1. The summed E-state index contributed by atoms with van der Waals surface area (Å²) in [6.07, 6.45) is 1.74. The van der Waals surface area contributed by atoms with E-state index in [1.54, 1.807) is 0 Å². The Hall–Kier alpha value is -3.02. The summed E-state index contributed by atoms with van der Waals surface area (Å²) in [6, 6.07) is 17.0. The molecule has 1 saturated heterocycles. The van der Waals surface area contributed by atoms with Crippen molar-refractivity contribution in [3.05, 3.63) is 59.7 Å². The fraction of sp³-hybridized carbons (Fsp3) is 0.462. The number of rotatable bonds is 4. The van der Waals surface area contributed by atoms with Crippen LogP contribution in [0.5, 0.6) is 0 Å². The van der Waals surface area contributed by atoms with Crippen LogP contribution < -0.4 is 4.90 Å². The van der Waals surface area contributed by atoms with Crippen LogP contribution in [0.1, 0.15) is 44.7 Å². The molecule has 1 fully saturated rings. The Morgan fingerprint density at radius 2 is 1.88 bits per heavy atom. The van der Waals surface area contributed by atoms with Crippen LogP contribution in [-0.4, -0.2) is 52.3 Å². The molecule has 6 heteroatoms. The highest BCUT2D eigenvalue weighted by Crippen LogP contribution is 2.28. The summed E-state index contributed by atoms with van der Waals surface area (Å²) in [5.74, 6) is 0.936. The number of imidazole rings is 1. The first kappa shape index (κ1) is 22.2. The van der Waals surface area contributed by atoms with Gasteiger partial charge < -0.3 is 19.1 Å². The third-order valence-corrected chi connectivity index (χ3v) is 6.14. The Morgan fingerprint density at radius 3 is 2.62 bits per heavy atom. The number of amides is 1. The normalized spacial score (nSPS) is 16.9. The lowest BCUT2D eigenvalue weighted by atomic mass is 10.1. The number of carbonyl (C=O) groups is 1. The van der Waals surface area contributed by atoms with Crippen molar-refractivity contribution < 1.29 is 9.53 Å². The average Bonchev–Trinajstić information content (AvgIpc) is 3.12. The number of aryl methyl sites for hydroxylation is 1. The van der Waals surface area contributed by atoms with Gasteiger partial charge in [0.25, 0.3) is 0 Å². The number of ether oxygens (including phenoxy) is 1. The van der Waals surface area contributed by atoms with E-state index < -0.39 is 5.60 Å². The van der Waals surface area contributed by atoms with E-state index in [4.69, 9.17) is 9.72 Å². The standard InChI is InChI=1S/C26H34N4O2/c1-19-11-6-7-12-20(19)17-30-23-15-9-8-14-22(23)27-24(30)28(5)21-13-10-16-29(18-21)25(31)32-26(2,3)4/h6-9,11-12,14-15,21H,10,13,16-18H2,1-5H3/t21-/m1/s1. The Kier molecular flexibility index (Phi) is 6.13. The predicted octanol–water partition coefficient (Wildman–Crippen LogP) is 5.23.